The fourth-order valence-electron chi connectivity index (χ4n) is 5.24. The summed E-state index contributed by atoms with van der Waals surface area (Å²) in [6.45, 7) is 7.45. The van der Waals surface area contributed by atoms with E-state index in [1.54, 1.807) is 27.7 Å². The van der Waals surface area contributed by atoms with E-state index >= 15 is 0 Å². The molecule has 2 aliphatic rings. The van der Waals surface area contributed by atoms with Crippen molar-refractivity contribution in [2.75, 3.05) is 18.4 Å². The van der Waals surface area contributed by atoms with Gasteiger partial charge in [-0.3, -0.25) is 4.79 Å². The highest BCUT2D eigenvalue weighted by atomic mass is 35.5. The van der Waals surface area contributed by atoms with Crippen LogP contribution in [0.2, 0.25) is 5.02 Å². The minimum absolute atomic E-state index is 0.108. The summed E-state index contributed by atoms with van der Waals surface area (Å²) in [6.07, 6.45) is 4.83. The second-order valence-electron chi connectivity index (χ2n) is 10.7. The first-order chi connectivity index (χ1) is 17.1. The van der Waals surface area contributed by atoms with E-state index in [9.17, 15) is 9.59 Å². The fraction of sp³-hybridized carbons (Fsp3) is 0.462. The third kappa shape index (κ3) is 4.48. The van der Waals surface area contributed by atoms with Gasteiger partial charge in [-0.1, -0.05) is 23.7 Å². The van der Waals surface area contributed by atoms with E-state index in [0.717, 1.165) is 48.3 Å². The van der Waals surface area contributed by atoms with Crippen molar-refractivity contribution < 1.29 is 14.3 Å². The van der Waals surface area contributed by atoms with Gasteiger partial charge in [0.05, 0.1) is 11.9 Å². The highest BCUT2D eigenvalue weighted by Gasteiger charge is 2.45. The number of carbonyl (C=O) groups is 2. The molecule has 10 heteroatoms. The van der Waals surface area contributed by atoms with Crippen LogP contribution < -0.4 is 11.1 Å². The number of rotatable bonds is 4. The Morgan fingerprint density at radius 1 is 1.17 bits per heavy atom. The van der Waals surface area contributed by atoms with Gasteiger partial charge in [0.25, 0.3) is 0 Å². The number of amides is 2. The highest BCUT2D eigenvalue weighted by molar-refractivity contribution is 6.33. The molecule has 3 aromatic rings. The molecule has 1 spiro atoms. The van der Waals surface area contributed by atoms with Gasteiger partial charge in [0.1, 0.15) is 16.4 Å². The molecule has 2 amide bonds. The number of carbonyl (C=O) groups excluding carboxylic acids is 2. The number of primary amides is 1. The third-order valence-corrected chi connectivity index (χ3v) is 7.40. The van der Waals surface area contributed by atoms with E-state index in [4.69, 9.17) is 27.1 Å². The van der Waals surface area contributed by atoms with Gasteiger partial charge in [-0.15, -0.1) is 0 Å². The Labute approximate surface area is 215 Å². The number of halogens is 1. The van der Waals surface area contributed by atoms with Crippen molar-refractivity contribution in [3.63, 3.8) is 0 Å². The Kier molecular flexibility index (Phi) is 6.06. The SMILES string of the molecule is CC(C)(C)OC(=O)N1CCC2(CCc3c2nc2c(Cl)cnn2c3NCc2ccc(C(N)=O)cc2)CC1. The molecular weight excluding hydrogens is 480 g/mol. The first-order valence-corrected chi connectivity index (χ1v) is 12.6. The van der Waals surface area contributed by atoms with Crippen LogP contribution in [0.15, 0.2) is 30.5 Å². The molecule has 0 atom stereocenters. The number of hydrogen-bond donors (Lipinski definition) is 2. The number of likely N-dealkylation sites (tertiary alicyclic amines) is 1. The van der Waals surface area contributed by atoms with Crippen LogP contribution in [0, 0.1) is 0 Å². The standard InChI is InChI=1S/C26H31ClN6O3/c1-25(2,3)36-24(35)32-12-10-26(11-13-32)9-8-18-20(26)31-23-19(27)15-30-33(23)22(18)29-14-16-4-6-17(7-5-16)21(28)34/h4-7,15,29H,8-14H2,1-3H3,(H2,28,34). The lowest BCUT2D eigenvalue weighted by atomic mass is 9.76. The number of nitrogens with one attached hydrogen (secondary N) is 1. The number of nitrogens with zero attached hydrogens (tertiary/aromatic N) is 4. The number of nitrogens with two attached hydrogens (primary N) is 1. The Morgan fingerprint density at radius 2 is 1.86 bits per heavy atom. The molecule has 0 bridgehead atoms. The van der Waals surface area contributed by atoms with E-state index in [0.29, 0.717) is 35.9 Å². The van der Waals surface area contributed by atoms with Crippen molar-refractivity contribution >= 4 is 35.1 Å². The first-order valence-electron chi connectivity index (χ1n) is 12.2. The molecule has 1 aliphatic heterocycles. The monoisotopic (exact) mass is 510 g/mol. The minimum atomic E-state index is -0.515. The molecule has 1 fully saturated rings. The van der Waals surface area contributed by atoms with Crippen LogP contribution in [0.1, 0.15) is 67.2 Å². The zero-order valence-electron chi connectivity index (χ0n) is 20.8. The quantitative estimate of drug-likeness (QED) is 0.540. The molecule has 0 saturated carbocycles. The lowest BCUT2D eigenvalue weighted by Crippen LogP contribution is -2.46. The average Bonchev–Trinajstić information content (AvgIpc) is 3.37. The molecule has 5 rings (SSSR count). The zero-order chi connectivity index (χ0) is 25.7. The number of hydrogen-bond acceptors (Lipinski definition) is 6. The van der Waals surface area contributed by atoms with Crippen LogP contribution in [0.4, 0.5) is 10.6 Å². The molecule has 1 aromatic carbocycles. The van der Waals surface area contributed by atoms with Crippen molar-refractivity contribution in [2.24, 2.45) is 5.73 Å². The Bertz CT molecular complexity index is 1320. The number of anilines is 1. The molecule has 2 aromatic heterocycles. The van der Waals surface area contributed by atoms with E-state index in [1.807, 2.05) is 32.9 Å². The summed E-state index contributed by atoms with van der Waals surface area (Å²) in [5.74, 6) is 0.435. The molecule has 1 aliphatic carbocycles. The Hall–Kier alpha value is -3.33. The average molecular weight is 511 g/mol. The van der Waals surface area contributed by atoms with Crippen molar-refractivity contribution in [1.29, 1.82) is 0 Å². The summed E-state index contributed by atoms with van der Waals surface area (Å²) in [7, 11) is 0. The topological polar surface area (TPSA) is 115 Å². The van der Waals surface area contributed by atoms with E-state index in [1.165, 1.54) is 0 Å². The summed E-state index contributed by atoms with van der Waals surface area (Å²) in [6, 6.07) is 7.22. The summed E-state index contributed by atoms with van der Waals surface area (Å²) in [5, 5.41) is 8.52. The number of fused-ring (bicyclic) bond motifs is 3. The summed E-state index contributed by atoms with van der Waals surface area (Å²) in [5.41, 5.74) is 9.04. The van der Waals surface area contributed by atoms with Crippen LogP contribution in [-0.4, -0.2) is 50.2 Å². The maximum absolute atomic E-state index is 12.6. The fourth-order valence-corrected chi connectivity index (χ4v) is 5.41. The van der Waals surface area contributed by atoms with Crippen molar-refractivity contribution in [2.45, 2.75) is 64.0 Å². The molecule has 9 nitrogen and oxygen atoms in total. The van der Waals surface area contributed by atoms with Crippen LogP contribution in [-0.2, 0) is 23.1 Å². The second kappa shape index (κ2) is 8.96. The normalized spacial score (nSPS) is 16.8. The summed E-state index contributed by atoms with van der Waals surface area (Å²) >= 11 is 6.48. The predicted molar refractivity (Wildman–Crippen MR) is 137 cm³/mol. The third-order valence-electron chi connectivity index (χ3n) is 7.13. The van der Waals surface area contributed by atoms with Gasteiger partial charge in [-0.25, -0.2) is 9.78 Å². The van der Waals surface area contributed by atoms with Gasteiger partial charge in [-0.05, 0) is 64.2 Å². The van der Waals surface area contributed by atoms with Crippen LogP contribution in [0.25, 0.3) is 5.65 Å². The van der Waals surface area contributed by atoms with Crippen LogP contribution in [0.5, 0.6) is 0 Å². The molecule has 190 valence electrons. The number of benzene rings is 1. The van der Waals surface area contributed by atoms with E-state index in [2.05, 4.69) is 10.4 Å². The van der Waals surface area contributed by atoms with Crippen LogP contribution in [0.3, 0.4) is 0 Å². The van der Waals surface area contributed by atoms with E-state index < -0.39 is 11.5 Å². The number of piperidine rings is 1. The molecule has 36 heavy (non-hydrogen) atoms. The second-order valence-corrected chi connectivity index (χ2v) is 11.1. The maximum atomic E-state index is 12.6. The first kappa shape index (κ1) is 24.4. The predicted octanol–water partition coefficient (Wildman–Crippen LogP) is 4.31. The van der Waals surface area contributed by atoms with Crippen molar-refractivity contribution in [3.05, 3.63) is 57.9 Å². The van der Waals surface area contributed by atoms with Gasteiger partial charge < -0.3 is 20.7 Å². The molecule has 0 radical (unpaired) electrons. The largest absolute Gasteiger partial charge is 0.444 e. The Morgan fingerprint density at radius 3 is 2.50 bits per heavy atom. The smallest absolute Gasteiger partial charge is 0.410 e. The molecular formula is C26H31ClN6O3. The maximum Gasteiger partial charge on any atom is 0.410 e. The lowest BCUT2D eigenvalue weighted by Gasteiger charge is -2.39. The Balaban J connectivity index is 1.41. The van der Waals surface area contributed by atoms with Crippen LogP contribution >= 0.6 is 11.6 Å². The van der Waals surface area contributed by atoms with Gasteiger partial charge in [0.2, 0.25) is 5.91 Å². The van der Waals surface area contributed by atoms with Gasteiger partial charge in [-0.2, -0.15) is 9.61 Å². The minimum Gasteiger partial charge on any atom is -0.444 e. The van der Waals surface area contributed by atoms with Crippen molar-refractivity contribution in [1.82, 2.24) is 19.5 Å². The van der Waals surface area contributed by atoms with Gasteiger partial charge in [0, 0.05) is 36.2 Å². The zero-order valence-corrected chi connectivity index (χ0v) is 21.6. The summed E-state index contributed by atoms with van der Waals surface area (Å²) < 4.78 is 7.35. The lowest BCUT2D eigenvalue weighted by molar-refractivity contribution is 0.0162. The highest BCUT2D eigenvalue weighted by Crippen LogP contribution is 2.48. The molecule has 0 unspecified atom stereocenters. The molecule has 3 heterocycles. The van der Waals surface area contributed by atoms with E-state index in [-0.39, 0.29) is 11.5 Å². The molecule has 1 saturated heterocycles. The molecule has 3 N–H and O–H groups in total. The van der Waals surface area contributed by atoms with Gasteiger partial charge >= 0.3 is 6.09 Å². The summed E-state index contributed by atoms with van der Waals surface area (Å²) in [4.78, 5) is 30.8. The van der Waals surface area contributed by atoms with Gasteiger partial charge in [0.15, 0.2) is 5.65 Å². The van der Waals surface area contributed by atoms with Crippen molar-refractivity contribution in [3.8, 4) is 0 Å². The number of ether oxygens (including phenoxy) is 1. The number of aromatic nitrogens is 3.